The molecular weight excluding hydrogens is 414 g/mol. The number of rotatable bonds is 7. The number of carboxylic acids is 1. The fraction of sp³-hybridized carbons (Fsp3) is 0.929. The standard InChI is InChI=1S/C28H46O4.H3N/c1-5-6-7-19-23-16-18(29)12-14-28(23,4)22-13-15-27(3)20(17(2)8-11-24(30)31)9-10-21(27)25(22)26(19)32;/h17-23,25,29H,5-16H2,1-4H3,(H,30,31);1H3/t17-,18-,19+,20-,21+,22+,23+,25+,27-,28-;/m1./s1. The van der Waals surface area contributed by atoms with E-state index in [2.05, 4.69) is 27.7 Å². The van der Waals surface area contributed by atoms with Gasteiger partial charge < -0.3 is 21.2 Å². The zero-order chi connectivity index (χ0) is 23.3. The molecule has 0 heterocycles. The summed E-state index contributed by atoms with van der Waals surface area (Å²) >= 11 is 0. The van der Waals surface area contributed by atoms with E-state index in [1.54, 1.807) is 0 Å². The van der Waals surface area contributed by atoms with Crippen molar-refractivity contribution in [3.8, 4) is 0 Å². The number of carbonyl (C=O) groups is 2. The molecule has 0 spiro atoms. The number of fused-ring (bicyclic) bond motifs is 5. The molecule has 5 nitrogen and oxygen atoms in total. The number of unbranched alkanes of at least 4 members (excludes halogenated alkanes) is 1. The zero-order valence-corrected chi connectivity index (χ0v) is 21.8. The van der Waals surface area contributed by atoms with Gasteiger partial charge in [0.05, 0.1) is 6.10 Å². The molecule has 5 heteroatoms. The lowest BCUT2D eigenvalue weighted by Gasteiger charge is -2.62. The van der Waals surface area contributed by atoms with E-state index in [0.29, 0.717) is 41.8 Å². The number of hydrogen-bond acceptors (Lipinski definition) is 4. The van der Waals surface area contributed by atoms with Gasteiger partial charge in [-0.15, -0.1) is 0 Å². The van der Waals surface area contributed by atoms with E-state index in [0.717, 1.165) is 64.2 Å². The largest absolute Gasteiger partial charge is 0.550 e. The highest BCUT2D eigenvalue weighted by molar-refractivity contribution is 5.86. The Bertz CT molecular complexity index is 725. The van der Waals surface area contributed by atoms with Crippen LogP contribution in [0.1, 0.15) is 105 Å². The molecule has 0 aromatic carbocycles. The molecule has 4 rings (SSSR count). The van der Waals surface area contributed by atoms with Gasteiger partial charge in [-0.2, -0.15) is 0 Å². The molecule has 0 saturated heterocycles. The minimum absolute atomic E-state index is 0. The number of quaternary nitrogens is 1. The number of carboxylic acid groups (broad SMARTS) is 1. The van der Waals surface area contributed by atoms with E-state index < -0.39 is 5.97 Å². The van der Waals surface area contributed by atoms with E-state index in [4.69, 9.17) is 0 Å². The Hall–Kier alpha value is -0.940. The molecule has 33 heavy (non-hydrogen) atoms. The molecule has 0 unspecified atom stereocenters. The number of Topliss-reactive ketones (excluding diaryl/α,β-unsaturated/α-hetero) is 1. The van der Waals surface area contributed by atoms with Crippen LogP contribution in [0.2, 0.25) is 0 Å². The molecule has 10 atom stereocenters. The van der Waals surface area contributed by atoms with Crippen LogP contribution in [0.15, 0.2) is 0 Å². The molecule has 4 fully saturated rings. The summed E-state index contributed by atoms with van der Waals surface area (Å²) in [6, 6.07) is 0. The fourth-order valence-electron chi connectivity index (χ4n) is 9.44. The summed E-state index contributed by atoms with van der Waals surface area (Å²) in [5, 5.41) is 21.6. The number of hydrogen-bond donors (Lipinski definition) is 2. The molecule has 0 radical (unpaired) electrons. The first-order chi connectivity index (χ1) is 15.1. The number of aliphatic hydroxyl groups is 1. The molecule has 0 aliphatic heterocycles. The maximum Gasteiger partial charge on any atom is 0.139 e. The predicted octanol–water partition coefficient (Wildman–Crippen LogP) is 5.14. The normalized spacial score (nSPS) is 45.4. The maximum atomic E-state index is 14.2. The van der Waals surface area contributed by atoms with Crippen molar-refractivity contribution in [2.45, 2.75) is 111 Å². The fourth-order valence-corrected chi connectivity index (χ4v) is 9.44. The second-order valence-corrected chi connectivity index (χ2v) is 12.5. The van der Waals surface area contributed by atoms with Crippen molar-refractivity contribution in [2.75, 3.05) is 0 Å². The quantitative estimate of drug-likeness (QED) is 0.544. The first-order valence-corrected chi connectivity index (χ1v) is 13.5. The first-order valence-electron chi connectivity index (χ1n) is 13.5. The van der Waals surface area contributed by atoms with Crippen LogP contribution >= 0.6 is 0 Å². The third-order valence-corrected chi connectivity index (χ3v) is 11.1. The molecule has 5 N–H and O–H groups in total. The first kappa shape index (κ1) is 26.7. The number of carbonyl (C=O) groups excluding carboxylic acids is 2. The minimum Gasteiger partial charge on any atom is -0.550 e. The number of aliphatic carboxylic acids is 1. The minimum atomic E-state index is -0.945. The molecular formula is C28H49NO4. The molecule has 4 aliphatic carbocycles. The van der Waals surface area contributed by atoms with Crippen molar-refractivity contribution in [1.82, 2.24) is 6.15 Å². The average Bonchev–Trinajstić information content (AvgIpc) is 3.10. The third kappa shape index (κ3) is 4.42. The van der Waals surface area contributed by atoms with Crippen molar-refractivity contribution in [3.05, 3.63) is 0 Å². The van der Waals surface area contributed by atoms with Crippen LogP contribution < -0.4 is 11.3 Å². The van der Waals surface area contributed by atoms with Crippen LogP contribution in [0.3, 0.4) is 0 Å². The van der Waals surface area contributed by atoms with Crippen LogP contribution in [0, 0.1) is 52.3 Å². The van der Waals surface area contributed by atoms with Crippen LogP contribution in [0.5, 0.6) is 0 Å². The molecule has 0 aromatic heterocycles. The van der Waals surface area contributed by atoms with Gasteiger partial charge in [-0.1, -0.05) is 40.5 Å². The Labute approximate surface area is 201 Å². The maximum absolute atomic E-state index is 14.2. The second-order valence-electron chi connectivity index (χ2n) is 12.5. The van der Waals surface area contributed by atoms with E-state index in [-0.39, 0.29) is 41.3 Å². The third-order valence-electron chi connectivity index (χ3n) is 11.1. The van der Waals surface area contributed by atoms with Gasteiger partial charge in [-0.05, 0) is 105 Å². The van der Waals surface area contributed by atoms with Crippen LogP contribution in [-0.2, 0) is 9.59 Å². The Balaban J connectivity index is 0.00000306. The molecule has 0 bridgehead atoms. The lowest BCUT2D eigenvalue weighted by atomic mass is 9.41. The van der Waals surface area contributed by atoms with Gasteiger partial charge in [-0.3, -0.25) is 4.79 Å². The molecule has 4 aliphatic rings. The molecule has 4 saturated carbocycles. The second kappa shape index (κ2) is 9.97. The van der Waals surface area contributed by atoms with Gasteiger partial charge in [-0.25, -0.2) is 0 Å². The van der Waals surface area contributed by atoms with Crippen molar-refractivity contribution in [3.63, 3.8) is 0 Å². The summed E-state index contributed by atoms with van der Waals surface area (Å²) in [5.74, 6) is 1.99. The van der Waals surface area contributed by atoms with Crippen molar-refractivity contribution in [1.29, 1.82) is 0 Å². The summed E-state index contributed by atoms with van der Waals surface area (Å²) in [6.45, 7) is 9.32. The smallest absolute Gasteiger partial charge is 0.139 e. The van der Waals surface area contributed by atoms with E-state index in [9.17, 15) is 19.8 Å². The number of aliphatic hydroxyl groups excluding tert-OH is 1. The predicted molar refractivity (Wildman–Crippen MR) is 129 cm³/mol. The van der Waals surface area contributed by atoms with Gasteiger partial charge in [0, 0.05) is 17.8 Å². The van der Waals surface area contributed by atoms with Crippen LogP contribution in [-0.4, -0.2) is 23.0 Å². The van der Waals surface area contributed by atoms with Crippen molar-refractivity contribution in [2.24, 2.45) is 52.3 Å². The van der Waals surface area contributed by atoms with Gasteiger partial charge in [0.2, 0.25) is 0 Å². The Morgan fingerprint density at radius 3 is 2.42 bits per heavy atom. The van der Waals surface area contributed by atoms with E-state index in [1.165, 1.54) is 0 Å². The van der Waals surface area contributed by atoms with Gasteiger partial charge >= 0.3 is 0 Å². The Kier molecular flexibility index (Phi) is 8.05. The molecule has 0 amide bonds. The molecule has 0 aromatic rings. The SMILES string of the molecule is CCCC[C@@H]1C(=O)[C@@H]2[C@H](CC[C@]3(C)[C@@H]([C@H](C)CCC(=O)[O-])CC[C@@H]23)[C@@]2(C)CC[C@@H](O)C[C@@H]12.[NH4+]. The number of ketones is 1. The Morgan fingerprint density at radius 2 is 1.76 bits per heavy atom. The molecule has 190 valence electrons. The van der Waals surface area contributed by atoms with Gasteiger partial charge in [0.1, 0.15) is 5.78 Å². The van der Waals surface area contributed by atoms with Crippen LogP contribution in [0.25, 0.3) is 0 Å². The summed E-state index contributed by atoms with van der Waals surface area (Å²) < 4.78 is 0. The van der Waals surface area contributed by atoms with E-state index >= 15 is 0 Å². The van der Waals surface area contributed by atoms with Gasteiger partial charge in [0.15, 0.2) is 0 Å². The highest BCUT2D eigenvalue weighted by Gasteiger charge is 2.65. The lowest BCUT2D eigenvalue weighted by Crippen LogP contribution is -2.60. The monoisotopic (exact) mass is 463 g/mol. The highest BCUT2D eigenvalue weighted by atomic mass is 16.4. The zero-order valence-electron chi connectivity index (χ0n) is 21.8. The van der Waals surface area contributed by atoms with Crippen LogP contribution in [0.4, 0.5) is 0 Å². The lowest BCUT2D eigenvalue weighted by molar-refractivity contribution is -0.306. The summed E-state index contributed by atoms with van der Waals surface area (Å²) in [7, 11) is 0. The van der Waals surface area contributed by atoms with Gasteiger partial charge in [0.25, 0.3) is 0 Å². The average molecular weight is 464 g/mol. The summed E-state index contributed by atoms with van der Waals surface area (Å²) in [4.78, 5) is 25.2. The highest BCUT2D eigenvalue weighted by Crippen LogP contribution is 2.68. The van der Waals surface area contributed by atoms with Crippen molar-refractivity contribution < 1.29 is 19.8 Å². The summed E-state index contributed by atoms with van der Waals surface area (Å²) in [6.07, 6.45) is 11.1. The van der Waals surface area contributed by atoms with E-state index in [1.807, 2.05) is 0 Å². The Morgan fingerprint density at radius 1 is 1.09 bits per heavy atom. The topological polar surface area (TPSA) is 114 Å². The summed E-state index contributed by atoms with van der Waals surface area (Å²) in [5.41, 5.74) is 0.324. The van der Waals surface area contributed by atoms with Crippen molar-refractivity contribution >= 4 is 11.8 Å².